The van der Waals surface area contributed by atoms with Crippen LogP contribution in [-0.2, 0) is 26.0 Å². The topological polar surface area (TPSA) is 104 Å². The van der Waals surface area contributed by atoms with Crippen LogP contribution in [0.2, 0.25) is 0 Å². The number of sulfonamides is 1. The quantitative estimate of drug-likeness (QED) is 0.828. The number of benzene rings is 1. The number of carbonyl (C=O) groups is 2. The first kappa shape index (κ1) is 16.3. The Balaban J connectivity index is 2.09. The van der Waals surface area contributed by atoms with Gasteiger partial charge in [-0.05, 0) is 30.5 Å². The van der Waals surface area contributed by atoms with Crippen LogP contribution in [0, 0.1) is 0 Å². The standard InChI is InChI=1S/C14H18N2O5S/c1-22(20,21)15-11-5-2-4-10(8-11)9-13(17)16-7-3-6-12(16)14(18)19/h2,4-5,8,12,15H,3,6-7,9H2,1H3,(H,18,19)/t12-/m1/s1. The van der Waals surface area contributed by atoms with Crippen molar-refractivity contribution in [2.24, 2.45) is 0 Å². The molecule has 0 bridgehead atoms. The van der Waals surface area contributed by atoms with Gasteiger partial charge in [0.25, 0.3) is 0 Å². The highest BCUT2D eigenvalue weighted by atomic mass is 32.2. The Morgan fingerprint density at radius 2 is 2.14 bits per heavy atom. The van der Waals surface area contributed by atoms with Crippen LogP contribution in [0.5, 0.6) is 0 Å². The highest BCUT2D eigenvalue weighted by molar-refractivity contribution is 7.92. The highest BCUT2D eigenvalue weighted by Gasteiger charge is 2.33. The summed E-state index contributed by atoms with van der Waals surface area (Å²) in [5, 5.41) is 9.10. The molecule has 0 radical (unpaired) electrons. The number of nitrogens with one attached hydrogen (secondary N) is 1. The third-order valence-corrected chi connectivity index (χ3v) is 4.05. The molecule has 0 unspecified atom stereocenters. The zero-order chi connectivity index (χ0) is 16.3. The molecule has 2 rings (SSSR count). The lowest BCUT2D eigenvalue weighted by molar-refractivity contribution is -0.148. The van der Waals surface area contributed by atoms with Crippen LogP contribution >= 0.6 is 0 Å². The molecular formula is C14H18N2O5S. The van der Waals surface area contributed by atoms with E-state index in [2.05, 4.69) is 4.72 Å². The number of likely N-dealkylation sites (tertiary alicyclic amines) is 1. The molecule has 7 nitrogen and oxygen atoms in total. The molecule has 1 saturated heterocycles. The van der Waals surface area contributed by atoms with E-state index in [4.69, 9.17) is 5.11 Å². The van der Waals surface area contributed by atoms with Crippen molar-refractivity contribution in [2.75, 3.05) is 17.5 Å². The normalized spacial score (nSPS) is 18.2. The first-order chi connectivity index (χ1) is 10.3. The molecule has 0 saturated carbocycles. The summed E-state index contributed by atoms with van der Waals surface area (Å²) in [5.41, 5.74) is 1.01. The lowest BCUT2D eigenvalue weighted by Crippen LogP contribution is -2.41. The first-order valence-corrected chi connectivity index (χ1v) is 8.74. The van der Waals surface area contributed by atoms with Crippen molar-refractivity contribution in [1.29, 1.82) is 0 Å². The monoisotopic (exact) mass is 326 g/mol. The molecule has 8 heteroatoms. The van der Waals surface area contributed by atoms with E-state index < -0.39 is 22.0 Å². The molecule has 22 heavy (non-hydrogen) atoms. The zero-order valence-electron chi connectivity index (χ0n) is 12.2. The SMILES string of the molecule is CS(=O)(=O)Nc1cccc(CC(=O)N2CCC[C@@H]2C(=O)O)c1. The van der Waals surface area contributed by atoms with Gasteiger partial charge in [0.2, 0.25) is 15.9 Å². The second-order valence-electron chi connectivity index (χ2n) is 5.33. The largest absolute Gasteiger partial charge is 0.480 e. The van der Waals surface area contributed by atoms with Crippen molar-refractivity contribution >= 4 is 27.6 Å². The number of nitrogens with zero attached hydrogens (tertiary/aromatic N) is 1. The number of amides is 1. The van der Waals surface area contributed by atoms with Crippen LogP contribution < -0.4 is 4.72 Å². The van der Waals surface area contributed by atoms with Gasteiger partial charge in [-0.15, -0.1) is 0 Å². The summed E-state index contributed by atoms with van der Waals surface area (Å²) in [5.74, 6) is -1.25. The van der Waals surface area contributed by atoms with E-state index in [1.807, 2.05) is 0 Å². The van der Waals surface area contributed by atoms with Gasteiger partial charge in [0.1, 0.15) is 6.04 Å². The molecule has 1 aromatic carbocycles. The predicted molar refractivity (Wildman–Crippen MR) is 81.0 cm³/mol. The fraction of sp³-hybridized carbons (Fsp3) is 0.429. The van der Waals surface area contributed by atoms with E-state index >= 15 is 0 Å². The average molecular weight is 326 g/mol. The molecule has 1 aromatic rings. The lowest BCUT2D eigenvalue weighted by Gasteiger charge is -2.21. The van der Waals surface area contributed by atoms with Crippen molar-refractivity contribution < 1.29 is 23.1 Å². The van der Waals surface area contributed by atoms with Gasteiger partial charge in [0.05, 0.1) is 12.7 Å². The van der Waals surface area contributed by atoms with Crippen molar-refractivity contribution in [3.05, 3.63) is 29.8 Å². The summed E-state index contributed by atoms with van der Waals surface area (Å²) in [6.07, 6.45) is 2.24. The summed E-state index contributed by atoms with van der Waals surface area (Å²) in [4.78, 5) is 24.7. The predicted octanol–water partition coefficient (Wildman–Crippen LogP) is 0.676. The zero-order valence-corrected chi connectivity index (χ0v) is 13.0. The molecule has 1 fully saturated rings. The Morgan fingerprint density at radius 3 is 2.77 bits per heavy atom. The number of carboxylic acid groups (broad SMARTS) is 1. The number of carboxylic acids is 1. The Morgan fingerprint density at radius 1 is 1.41 bits per heavy atom. The van der Waals surface area contributed by atoms with Gasteiger partial charge in [-0.2, -0.15) is 0 Å². The number of anilines is 1. The van der Waals surface area contributed by atoms with Crippen molar-refractivity contribution in [3.63, 3.8) is 0 Å². The molecule has 0 aliphatic carbocycles. The fourth-order valence-corrected chi connectivity index (χ4v) is 3.11. The minimum absolute atomic E-state index is 0.0447. The third-order valence-electron chi connectivity index (χ3n) is 3.44. The van der Waals surface area contributed by atoms with E-state index in [-0.39, 0.29) is 12.3 Å². The number of aliphatic carboxylic acids is 1. The van der Waals surface area contributed by atoms with Gasteiger partial charge in [-0.25, -0.2) is 13.2 Å². The van der Waals surface area contributed by atoms with E-state index in [9.17, 15) is 18.0 Å². The maximum atomic E-state index is 12.3. The molecular weight excluding hydrogens is 308 g/mol. The van der Waals surface area contributed by atoms with Gasteiger partial charge in [-0.3, -0.25) is 9.52 Å². The Hall–Kier alpha value is -2.09. The molecule has 1 atom stereocenters. The number of carbonyl (C=O) groups excluding carboxylic acids is 1. The van der Waals surface area contributed by atoms with Crippen molar-refractivity contribution in [1.82, 2.24) is 4.90 Å². The maximum absolute atomic E-state index is 12.3. The molecule has 1 heterocycles. The van der Waals surface area contributed by atoms with E-state index in [0.717, 1.165) is 6.26 Å². The molecule has 0 spiro atoms. The summed E-state index contributed by atoms with van der Waals surface area (Å²) >= 11 is 0. The van der Waals surface area contributed by atoms with Gasteiger partial charge >= 0.3 is 5.97 Å². The van der Waals surface area contributed by atoms with Gasteiger partial charge < -0.3 is 10.0 Å². The van der Waals surface area contributed by atoms with Crippen LogP contribution in [0.4, 0.5) is 5.69 Å². The summed E-state index contributed by atoms with van der Waals surface area (Å²) in [7, 11) is -3.38. The smallest absolute Gasteiger partial charge is 0.326 e. The molecule has 0 aromatic heterocycles. The lowest BCUT2D eigenvalue weighted by atomic mass is 10.1. The first-order valence-electron chi connectivity index (χ1n) is 6.85. The van der Waals surface area contributed by atoms with E-state index in [1.54, 1.807) is 24.3 Å². The number of hydrogen-bond acceptors (Lipinski definition) is 4. The average Bonchev–Trinajstić information content (AvgIpc) is 2.86. The van der Waals surface area contributed by atoms with Crippen molar-refractivity contribution in [3.8, 4) is 0 Å². The van der Waals surface area contributed by atoms with E-state index in [0.29, 0.717) is 30.6 Å². The Bertz CT molecular complexity index is 686. The molecule has 1 aliphatic heterocycles. The van der Waals surface area contributed by atoms with E-state index in [1.165, 1.54) is 4.90 Å². The number of rotatable bonds is 5. The highest BCUT2D eigenvalue weighted by Crippen LogP contribution is 2.20. The van der Waals surface area contributed by atoms with Crippen LogP contribution in [0.3, 0.4) is 0 Å². The van der Waals surface area contributed by atoms with Crippen LogP contribution in [0.25, 0.3) is 0 Å². The second-order valence-corrected chi connectivity index (χ2v) is 7.08. The van der Waals surface area contributed by atoms with Crippen LogP contribution in [-0.4, -0.2) is 49.1 Å². The minimum atomic E-state index is -3.38. The summed E-state index contributed by atoms with van der Waals surface area (Å²) < 4.78 is 24.8. The van der Waals surface area contributed by atoms with Crippen LogP contribution in [0.1, 0.15) is 18.4 Å². The minimum Gasteiger partial charge on any atom is -0.480 e. The molecule has 120 valence electrons. The third kappa shape index (κ3) is 4.20. The van der Waals surface area contributed by atoms with Gasteiger partial charge in [0.15, 0.2) is 0 Å². The summed E-state index contributed by atoms with van der Waals surface area (Å²) in [6.45, 7) is 0.442. The molecule has 1 aliphatic rings. The second kappa shape index (κ2) is 6.35. The van der Waals surface area contributed by atoms with Gasteiger partial charge in [0, 0.05) is 12.2 Å². The number of hydrogen-bond donors (Lipinski definition) is 2. The maximum Gasteiger partial charge on any atom is 0.326 e. The fourth-order valence-electron chi connectivity index (χ4n) is 2.56. The Kier molecular flexibility index (Phi) is 4.70. The summed E-state index contributed by atoms with van der Waals surface area (Å²) in [6, 6.07) is 5.76. The molecule has 1 amide bonds. The molecule has 2 N–H and O–H groups in total. The van der Waals surface area contributed by atoms with Crippen molar-refractivity contribution in [2.45, 2.75) is 25.3 Å². The Labute approximate surface area is 129 Å². The van der Waals surface area contributed by atoms with Crippen LogP contribution in [0.15, 0.2) is 24.3 Å². The van der Waals surface area contributed by atoms with Gasteiger partial charge in [-0.1, -0.05) is 12.1 Å².